The van der Waals surface area contributed by atoms with Gasteiger partial charge < -0.3 is 0 Å². The molecule has 0 spiro atoms. The summed E-state index contributed by atoms with van der Waals surface area (Å²) >= 11 is 0.369. The third-order valence-corrected chi connectivity index (χ3v) is 5.19. The first-order valence-corrected chi connectivity index (χ1v) is 6.56. The van der Waals surface area contributed by atoms with Crippen LogP contribution in [0.4, 0.5) is 0 Å². The summed E-state index contributed by atoms with van der Waals surface area (Å²) in [6.45, 7) is 6.30. The van der Waals surface area contributed by atoms with Crippen molar-refractivity contribution in [2.75, 3.05) is 14.1 Å². The van der Waals surface area contributed by atoms with Crippen LogP contribution in [0.15, 0.2) is 6.07 Å². The zero-order valence-electron chi connectivity index (χ0n) is 9.53. The van der Waals surface area contributed by atoms with Crippen LogP contribution in [-0.4, -0.2) is 44.6 Å². The molecule has 0 bridgehead atoms. The number of hydrogen-bond acceptors (Lipinski definition) is 2. The number of hydrogen-bond donors (Lipinski definition) is 1. The van der Waals surface area contributed by atoms with Gasteiger partial charge in [-0.15, -0.1) is 0 Å². The van der Waals surface area contributed by atoms with Crippen molar-refractivity contribution in [2.45, 2.75) is 32.9 Å². The fourth-order valence-electron chi connectivity index (χ4n) is 1.45. The van der Waals surface area contributed by atoms with E-state index in [1.165, 1.54) is 14.4 Å². The zero-order valence-corrected chi connectivity index (χ0v) is 11.2. The van der Waals surface area contributed by atoms with Gasteiger partial charge >= 0.3 is 92.0 Å². The molecule has 1 aromatic rings. The van der Waals surface area contributed by atoms with E-state index in [0.29, 0.717) is 14.5 Å². The van der Waals surface area contributed by atoms with Gasteiger partial charge in [-0.2, -0.15) is 0 Å². The van der Waals surface area contributed by atoms with Crippen molar-refractivity contribution in [3.05, 3.63) is 20.5 Å². The van der Waals surface area contributed by atoms with Crippen LogP contribution in [0.2, 0.25) is 0 Å². The van der Waals surface area contributed by atoms with Gasteiger partial charge in [0.15, 0.2) is 0 Å². The quantitative estimate of drug-likeness (QED) is 0.829. The molecule has 0 aliphatic carbocycles. The minimum absolute atomic E-state index is 0.195. The van der Waals surface area contributed by atoms with Crippen molar-refractivity contribution in [2.24, 2.45) is 0 Å². The van der Waals surface area contributed by atoms with Crippen molar-refractivity contribution < 1.29 is 5.11 Å². The van der Waals surface area contributed by atoms with E-state index in [9.17, 15) is 5.11 Å². The minimum atomic E-state index is -0.307. The summed E-state index contributed by atoms with van der Waals surface area (Å²) in [6, 6.07) is 2.39. The van der Waals surface area contributed by atoms with Crippen LogP contribution in [0.1, 0.15) is 27.5 Å². The predicted molar refractivity (Wildman–Crippen MR) is 61.0 cm³/mol. The zero-order chi connectivity index (χ0) is 10.9. The Labute approximate surface area is 92.3 Å². The van der Waals surface area contributed by atoms with E-state index in [4.69, 9.17) is 0 Å². The number of aliphatic hydroxyl groups is 1. The predicted octanol–water partition coefficient (Wildman–Crippen LogP) is 1.34. The summed E-state index contributed by atoms with van der Waals surface area (Å²) in [5.41, 5.74) is 1.27. The first kappa shape index (κ1) is 12.0. The van der Waals surface area contributed by atoms with Gasteiger partial charge in [-0.05, 0) is 0 Å². The van der Waals surface area contributed by atoms with E-state index in [2.05, 4.69) is 31.7 Å². The standard InChI is InChI=1S/C11H19NOSe/c1-7-6-8(2)14-11(7)10(13)9(3)12(4)5/h6,9-10,13H,1-5H3. The number of aliphatic hydroxyl groups excluding tert-OH is 1. The maximum atomic E-state index is 10.2. The topological polar surface area (TPSA) is 23.5 Å². The average molecular weight is 260 g/mol. The van der Waals surface area contributed by atoms with E-state index < -0.39 is 0 Å². The third kappa shape index (κ3) is 2.48. The monoisotopic (exact) mass is 261 g/mol. The van der Waals surface area contributed by atoms with E-state index >= 15 is 0 Å². The number of rotatable bonds is 3. The molecular formula is C11H19NOSe. The molecule has 2 atom stereocenters. The second kappa shape index (κ2) is 4.63. The summed E-state index contributed by atoms with van der Waals surface area (Å²) in [6.07, 6.45) is -0.307. The molecule has 80 valence electrons. The molecule has 2 unspecified atom stereocenters. The summed E-state index contributed by atoms with van der Waals surface area (Å²) in [5, 5.41) is 10.2. The molecule has 0 aliphatic rings. The molecular weight excluding hydrogens is 241 g/mol. The number of aryl methyl sites for hydroxylation is 2. The summed E-state index contributed by atoms with van der Waals surface area (Å²) < 4.78 is 2.66. The number of likely N-dealkylation sites (N-methyl/N-ethyl adjacent to an activating group) is 1. The Morgan fingerprint density at radius 2 is 1.93 bits per heavy atom. The first-order chi connectivity index (χ1) is 6.43. The van der Waals surface area contributed by atoms with E-state index in [0.717, 1.165) is 0 Å². The number of nitrogens with zero attached hydrogens (tertiary/aromatic N) is 1. The summed E-state index contributed by atoms with van der Waals surface area (Å²) in [7, 11) is 4.01. The van der Waals surface area contributed by atoms with Gasteiger partial charge in [-0.25, -0.2) is 0 Å². The SMILES string of the molecule is Cc1cc(C)c(C(O)C(C)N(C)C)[se]1. The Morgan fingerprint density at radius 1 is 1.36 bits per heavy atom. The Morgan fingerprint density at radius 3 is 2.29 bits per heavy atom. The molecule has 0 saturated heterocycles. The summed E-state index contributed by atoms with van der Waals surface area (Å²) in [5.74, 6) is 0. The fraction of sp³-hybridized carbons (Fsp3) is 0.636. The third-order valence-electron chi connectivity index (χ3n) is 2.62. The maximum absolute atomic E-state index is 10.2. The Hall–Kier alpha value is -0.0805. The van der Waals surface area contributed by atoms with Gasteiger partial charge in [0.1, 0.15) is 0 Å². The molecule has 1 heterocycles. The van der Waals surface area contributed by atoms with Crippen molar-refractivity contribution in [3.63, 3.8) is 0 Å². The van der Waals surface area contributed by atoms with Crippen LogP contribution < -0.4 is 0 Å². The van der Waals surface area contributed by atoms with Crippen molar-refractivity contribution in [3.8, 4) is 0 Å². The molecule has 0 aliphatic heterocycles. The van der Waals surface area contributed by atoms with Crippen LogP contribution in [0.25, 0.3) is 0 Å². The van der Waals surface area contributed by atoms with Crippen molar-refractivity contribution in [1.29, 1.82) is 0 Å². The van der Waals surface area contributed by atoms with Gasteiger partial charge in [0.2, 0.25) is 0 Å². The van der Waals surface area contributed by atoms with Crippen molar-refractivity contribution in [1.82, 2.24) is 4.90 Å². The Balaban J connectivity index is 2.88. The van der Waals surface area contributed by atoms with Crippen LogP contribution >= 0.6 is 0 Å². The molecule has 0 fully saturated rings. The van der Waals surface area contributed by atoms with Gasteiger partial charge in [0.25, 0.3) is 0 Å². The molecule has 3 heteroatoms. The average Bonchev–Trinajstić information content (AvgIpc) is 2.42. The molecule has 2 nitrogen and oxygen atoms in total. The second-order valence-electron chi connectivity index (χ2n) is 4.05. The van der Waals surface area contributed by atoms with Gasteiger partial charge in [0.05, 0.1) is 0 Å². The van der Waals surface area contributed by atoms with E-state index in [-0.39, 0.29) is 12.1 Å². The van der Waals surface area contributed by atoms with E-state index in [1.54, 1.807) is 0 Å². The Kier molecular flexibility index (Phi) is 3.96. The fourth-order valence-corrected chi connectivity index (χ4v) is 3.80. The molecule has 0 radical (unpaired) electrons. The first-order valence-electron chi connectivity index (χ1n) is 4.85. The van der Waals surface area contributed by atoms with Crippen LogP contribution in [0.5, 0.6) is 0 Å². The normalized spacial score (nSPS) is 15.9. The molecule has 1 rings (SSSR count). The Bertz CT molecular complexity index is 306. The van der Waals surface area contributed by atoms with E-state index in [1.807, 2.05) is 14.1 Å². The molecule has 0 amide bonds. The van der Waals surface area contributed by atoms with Crippen LogP contribution in [0.3, 0.4) is 0 Å². The molecule has 14 heavy (non-hydrogen) atoms. The van der Waals surface area contributed by atoms with Crippen molar-refractivity contribution >= 4 is 14.5 Å². The molecule has 0 saturated carbocycles. The molecule has 0 aromatic carbocycles. The van der Waals surface area contributed by atoms with Gasteiger partial charge in [-0.3, -0.25) is 0 Å². The van der Waals surface area contributed by atoms with Gasteiger partial charge in [-0.1, -0.05) is 0 Å². The molecule has 1 N–H and O–H groups in total. The van der Waals surface area contributed by atoms with Crippen LogP contribution in [0, 0.1) is 13.8 Å². The second-order valence-corrected chi connectivity index (χ2v) is 6.76. The summed E-state index contributed by atoms with van der Waals surface area (Å²) in [4.78, 5) is 2.06. The molecule has 1 aromatic heterocycles. The van der Waals surface area contributed by atoms with Crippen LogP contribution in [-0.2, 0) is 0 Å². The van der Waals surface area contributed by atoms with Gasteiger partial charge in [0, 0.05) is 0 Å².